The van der Waals surface area contributed by atoms with Gasteiger partial charge < -0.3 is 14.8 Å². The molecule has 0 fully saturated rings. The second kappa shape index (κ2) is 9.99. The summed E-state index contributed by atoms with van der Waals surface area (Å²) in [5.74, 6) is -0.899. The minimum absolute atomic E-state index is 0.292. The van der Waals surface area contributed by atoms with Crippen molar-refractivity contribution >= 4 is 50.7 Å². The van der Waals surface area contributed by atoms with Crippen LogP contribution in [0.2, 0.25) is 5.02 Å². The maximum atomic E-state index is 12.7. The van der Waals surface area contributed by atoms with Gasteiger partial charge in [0.15, 0.2) is 0 Å². The van der Waals surface area contributed by atoms with Gasteiger partial charge in [0.1, 0.15) is 9.71 Å². The number of hydrogen-bond acceptors (Lipinski definition) is 7. The Morgan fingerprint density at radius 2 is 2.03 bits per heavy atom. The molecule has 0 unspecified atom stereocenters. The van der Waals surface area contributed by atoms with Crippen molar-refractivity contribution in [2.24, 2.45) is 0 Å². The van der Waals surface area contributed by atoms with E-state index in [0.29, 0.717) is 44.5 Å². The van der Waals surface area contributed by atoms with Gasteiger partial charge in [-0.1, -0.05) is 17.7 Å². The van der Waals surface area contributed by atoms with E-state index in [1.54, 1.807) is 31.4 Å². The van der Waals surface area contributed by atoms with E-state index >= 15 is 0 Å². The number of esters is 1. The Hall–Kier alpha value is -2.52. The van der Waals surface area contributed by atoms with Gasteiger partial charge in [-0.3, -0.25) is 9.69 Å². The first-order valence-electron chi connectivity index (χ1n) is 9.18. The summed E-state index contributed by atoms with van der Waals surface area (Å²) in [6, 6.07) is 10.3. The number of thiophene rings is 1. The van der Waals surface area contributed by atoms with E-state index in [-0.39, 0.29) is 5.91 Å². The Balaban J connectivity index is 1.93. The van der Waals surface area contributed by atoms with Crippen LogP contribution in [0.5, 0.6) is 0 Å². The number of carbonyl (C=O) groups is 2. The summed E-state index contributed by atoms with van der Waals surface area (Å²) in [5, 5.41) is 3.96. The number of rotatable bonds is 8. The first-order valence-corrected chi connectivity index (χ1v) is 10.4. The van der Waals surface area contributed by atoms with Crippen molar-refractivity contribution in [2.75, 3.05) is 39.7 Å². The molecule has 9 heteroatoms. The molecule has 158 valence electrons. The van der Waals surface area contributed by atoms with Gasteiger partial charge >= 0.3 is 5.97 Å². The molecule has 3 rings (SSSR count). The first kappa shape index (κ1) is 22.2. The average Bonchev–Trinajstić information content (AvgIpc) is 3.09. The fourth-order valence-electron chi connectivity index (χ4n) is 2.88. The van der Waals surface area contributed by atoms with E-state index in [0.717, 1.165) is 12.2 Å². The van der Waals surface area contributed by atoms with Gasteiger partial charge in [-0.2, -0.15) is 0 Å². The molecule has 1 N–H and O–H groups in total. The fourth-order valence-corrected chi connectivity index (χ4v) is 4.14. The van der Waals surface area contributed by atoms with Crippen LogP contribution in [0, 0.1) is 0 Å². The molecule has 2 aromatic heterocycles. The maximum Gasteiger partial charge on any atom is 0.350 e. The number of amides is 1. The van der Waals surface area contributed by atoms with E-state index in [9.17, 15) is 9.59 Å². The Labute approximate surface area is 183 Å². The fraction of sp³-hybridized carbons (Fsp3) is 0.286. The van der Waals surface area contributed by atoms with Gasteiger partial charge in [-0.25, -0.2) is 9.78 Å². The summed E-state index contributed by atoms with van der Waals surface area (Å²) in [4.78, 5) is 32.8. The smallest absolute Gasteiger partial charge is 0.350 e. The van der Waals surface area contributed by atoms with Crippen LogP contribution in [-0.2, 0) is 16.0 Å². The van der Waals surface area contributed by atoms with Crippen LogP contribution in [0.15, 0.2) is 36.4 Å². The average molecular weight is 448 g/mol. The van der Waals surface area contributed by atoms with Crippen molar-refractivity contribution in [3.63, 3.8) is 0 Å². The molecular weight excluding hydrogens is 426 g/mol. The number of likely N-dealkylation sites (N-methyl/N-ethyl adjacent to an activating group) is 1. The first-order chi connectivity index (χ1) is 14.4. The number of anilines is 1. The zero-order valence-corrected chi connectivity index (χ0v) is 18.5. The van der Waals surface area contributed by atoms with Crippen LogP contribution >= 0.6 is 22.9 Å². The lowest BCUT2D eigenvalue weighted by molar-refractivity contribution is 0.0607. The van der Waals surface area contributed by atoms with Crippen LogP contribution in [0.4, 0.5) is 5.69 Å². The zero-order valence-electron chi connectivity index (χ0n) is 16.9. The second-order valence-electron chi connectivity index (χ2n) is 6.65. The normalized spacial score (nSPS) is 11.1. The highest BCUT2D eigenvalue weighted by molar-refractivity contribution is 7.21. The Bertz CT molecular complexity index is 1070. The number of benzene rings is 1. The third-order valence-electron chi connectivity index (χ3n) is 4.42. The molecule has 0 saturated carbocycles. The third-order valence-corrected chi connectivity index (χ3v) is 5.73. The van der Waals surface area contributed by atoms with Crippen LogP contribution in [0.25, 0.3) is 10.2 Å². The van der Waals surface area contributed by atoms with Crippen LogP contribution in [0.1, 0.15) is 25.7 Å². The molecule has 1 aromatic carbocycles. The largest absolute Gasteiger partial charge is 0.465 e. The summed E-state index contributed by atoms with van der Waals surface area (Å²) >= 11 is 7.17. The lowest BCUT2D eigenvalue weighted by Gasteiger charge is -2.15. The molecule has 7 nitrogen and oxygen atoms in total. The monoisotopic (exact) mass is 447 g/mol. The summed E-state index contributed by atoms with van der Waals surface area (Å²) < 4.78 is 10.0. The SMILES string of the molecule is COCCN(C)Cc1ccc2c(NC(=O)c3cccc(Cl)c3)c(C(=O)OC)sc2n1. The minimum atomic E-state index is -0.529. The van der Waals surface area contributed by atoms with E-state index in [2.05, 4.69) is 15.2 Å². The van der Waals surface area contributed by atoms with Crippen LogP contribution in [0.3, 0.4) is 0 Å². The standard InChI is InChI=1S/C21H22ClN3O4S/c1-25(9-10-28-2)12-15-7-8-16-17(18(21(27)29-3)30-20(16)23-15)24-19(26)13-5-4-6-14(22)11-13/h4-8,11H,9-10,12H2,1-3H3,(H,24,26). The number of fused-ring (bicyclic) bond motifs is 1. The Morgan fingerprint density at radius 3 is 2.73 bits per heavy atom. The van der Waals surface area contributed by atoms with Crippen molar-refractivity contribution in [1.82, 2.24) is 9.88 Å². The number of hydrogen-bond donors (Lipinski definition) is 1. The summed E-state index contributed by atoms with van der Waals surface area (Å²) in [7, 11) is 4.95. The number of nitrogens with one attached hydrogen (secondary N) is 1. The van der Waals surface area contributed by atoms with E-state index < -0.39 is 5.97 Å². The molecule has 2 heterocycles. The molecule has 0 spiro atoms. The topological polar surface area (TPSA) is 80.8 Å². The van der Waals surface area contributed by atoms with E-state index in [1.165, 1.54) is 18.4 Å². The summed E-state index contributed by atoms with van der Waals surface area (Å²) in [5.41, 5.74) is 1.63. The third kappa shape index (κ3) is 5.14. The molecule has 0 saturated heterocycles. The van der Waals surface area contributed by atoms with Gasteiger partial charge in [0.25, 0.3) is 5.91 Å². The van der Waals surface area contributed by atoms with Crippen molar-refractivity contribution in [3.05, 3.63) is 57.6 Å². The van der Waals surface area contributed by atoms with Gasteiger partial charge in [0.05, 0.1) is 25.1 Å². The number of halogens is 1. The summed E-state index contributed by atoms with van der Waals surface area (Å²) in [6.07, 6.45) is 0. The number of aromatic nitrogens is 1. The van der Waals surface area contributed by atoms with Gasteiger partial charge in [0.2, 0.25) is 0 Å². The molecule has 30 heavy (non-hydrogen) atoms. The molecule has 0 aliphatic rings. The lowest BCUT2D eigenvalue weighted by atomic mass is 10.2. The number of nitrogens with zero attached hydrogens (tertiary/aromatic N) is 2. The van der Waals surface area contributed by atoms with E-state index in [1.807, 2.05) is 19.2 Å². The van der Waals surface area contributed by atoms with Crippen LogP contribution < -0.4 is 5.32 Å². The molecule has 0 atom stereocenters. The predicted octanol–water partition coefficient (Wildman–Crippen LogP) is 4.07. The highest BCUT2D eigenvalue weighted by Gasteiger charge is 2.22. The Morgan fingerprint density at radius 1 is 1.23 bits per heavy atom. The highest BCUT2D eigenvalue weighted by Crippen LogP contribution is 2.36. The van der Waals surface area contributed by atoms with Gasteiger partial charge in [-0.15, -0.1) is 11.3 Å². The van der Waals surface area contributed by atoms with Crippen molar-refractivity contribution in [2.45, 2.75) is 6.54 Å². The van der Waals surface area contributed by atoms with Crippen molar-refractivity contribution < 1.29 is 19.1 Å². The lowest BCUT2D eigenvalue weighted by Crippen LogP contribution is -2.22. The molecule has 1 amide bonds. The van der Waals surface area contributed by atoms with Gasteiger partial charge in [0, 0.05) is 36.2 Å². The molecular formula is C21H22ClN3O4S. The van der Waals surface area contributed by atoms with Gasteiger partial charge in [-0.05, 0) is 37.4 Å². The summed E-state index contributed by atoms with van der Waals surface area (Å²) in [6.45, 7) is 2.04. The quantitative estimate of drug-likeness (QED) is 0.524. The number of carbonyl (C=O) groups excluding carboxylic acids is 2. The molecule has 0 radical (unpaired) electrons. The number of pyridine rings is 1. The second-order valence-corrected chi connectivity index (χ2v) is 8.08. The zero-order chi connectivity index (χ0) is 21.7. The molecule has 3 aromatic rings. The highest BCUT2D eigenvalue weighted by atomic mass is 35.5. The molecule has 0 aliphatic heterocycles. The molecule has 0 aliphatic carbocycles. The van der Waals surface area contributed by atoms with Crippen LogP contribution in [-0.4, -0.2) is 56.2 Å². The number of methoxy groups -OCH3 is 2. The van der Waals surface area contributed by atoms with E-state index in [4.69, 9.17) is 21.1 Å². The maximum absolute atomic E-state index is 12.7. The number of ether oxygens (including phenoxy) is 2. The molecule has 0 bridgehead atoms. The predicted molar refractivity (Wildman–Crippen MR) is 119 cm³/mol. The Kier molecular flexibility index (Phi) is 7.38. The van der Waals surface area contributed by atoms with Crippen molar-refractivity contribution in [3.8, 4) is 0 Å². The van der Waals surface area contributed by atoms with Crippen molar-refractivity contribution in [1.29, 1.82) is 0 Å². The minimum Gasteiger partial charge on any atom is -0.465 e.